The molecule has 1 aliphatic carbocycles. The van der Waals surface area contributed by atoms with Crippen LogP contribution in [0, 0.1) is 11.8 Å². The Morgan fingerprint density at radius 3 is 2.00 bits per heavy atom. The second-order valence-electron chi connectivity index (χ2n) is 3.05. The minimum atomic E-state index is 0.0231. The topological polar surface area (TPSA) is 20.2 Å². The molecule has 1 heteroatoms. The van der Waals surface area contributed by atoms with Crippen LogP contribution in [0.3, 0.4) is 0 Å². The van der Waals surface area contributed by atoms with Gasteiger partial charge in [-0.2, -0.15) is 0 Å². The SMILES string of the molecule is CC(C)C1CCC1O. The van der Waals surface area contributed by atoms with Crippen molar-refractivity contribution >= 4 is 0 Å². The summed E-state index contributed by atoms with van der Waals surface area (Å²) in [6, 6.07) is 0. The lowest BCUT2D eigenvalue weighted by Gasteiger charge is -2.35. The summed E-state index contributed by atoms with van der Waals surface area (Å²) in [7, 11) is 0. The van der Waals surface area contributed by atoms with E-state index >= 15 is 0 Å². The Morgan fingerprint density at radius 2 is 2.00 bits per heavy atom. The van der Waals surface area contributed by atoms with Gasteiger partial charge in [0, 0.05) is 0 Å². The number of hydrogen-bond acceptors (Lipinski definition) is 1. The van der Waals surface area contributed by atoms with Crippen molar-refractivity contribution in [3.8, 4) is 0 Å². The third-order valence-corrected chi connectivity index (χ3v) is 2.15. The van der Waals surface area contributed by atoms with Gasteiger partial charge in [0.1, 0.15) is 0 Å². The van der Waals surface area contributed by atoms with E-state index in [2.05, 4.69) is 13.8 Å². The lowest BCUT2D eigenvalue weighted by Crippen LogP contribution is -2.34. The average molecular weight is 114 g/mol. The highest BCUT2D eigenvalue weighted by Gasteiger charge is 2.30. The van der Waals surface area contributed by atoms with Gasteiger partial charge in [-0.25, -0.2) is 0 Å². The highest BCUT2D eigenvalue weighted by molar-refractivity contribution is 4.81. The molecule has 0 aromatic heterocycles. The number of hydrogen-bond donors (Lipinski definition) is 1. The second kappa shape index (κ2) is 2.06. The Morgan fingerprint density at radius 1 is 1.38 bits per heavy atom. The van der Waals surface area contributed by atoms with Crippen molar-refractivity contribution < 1.29 is 5.11 Å². The fourth-order valence-corrected chi connectivity index (χ4v) is 1.29. The summed E-state index contributed by atoms with van der Waals surface area (Å²) >= 11 is 0. The van der Waals surface area contributed by atoms with Gasteiger partial charge in [0.25, 0.3) is 0 Å². The van der Waals surface area contributed by atoms with Crippen LogP contribution >= 0.6 is 0 Å². The first-order valence-electron chi connectivity index (χ1n) is 3.40. The third kappa shape index (κ3) is 0.873. The van der Waals surface area contributed by atoms with Gasteiger partial charge < -0.3 is 5.11 Å². The highest BCUT2D eigenvalue weighted by Crippen LogP contribution is 2.33. The predicted octanol–water partition coefficient (Wildman–Crippen LogP) is 1.41. The quantitative estimate of drug-likeness (QED) is 0.546. The highest BCUT2D eigenvalue weighted by atomic mass is 16.3. The van der Waals surface area contributed by atoms with Crippen molar-refractivity contribution in [2.24, 2.45) is 11.8 Å². The maximum absolute atomic E-state index is 9.08. The Bertz CT molecular complexity index is 73.7. The zero-order valence-electron chi connectivity index (χ0n) is 5.59. The van der Waals surface area contributed by atoms with Crippen LogP contribution in [0.2, 0.25) is 0 Å². The molecule has 8 heavy (non-hydrogen) atoms. The van der Waals surface area contributed by atoms with Gasteiger partial charge in [-0.05, 0) is 24.7 Å². The molecule has 48 valence electrons. The third-order valence-electron chi connectivity index (χ3n) is 2.15. The molecule has 1 aliphatic rings. The van der Waals surface area contributed by atoms with Crippen LogP contribution in [-0.4, -0.2) is 11.2 Å². The molecule has 1 saturated carbocycles. The van der Waals surface area contributed by atoms with E-state index in [1.54, 1.807) is 0 Å². The molecule has 1 N–H and O–H groups in total. The van der Waals surface area contributed by atoms with Gasteiger partial charge in [0.05, 0.1) is 6.10 Å². The van der Waals surface area contributed by atoms with E-state index < -0.39 is 0 Å². The summed E-state index contributed by atoms with van der Waals surface area (Å²) in [4.78, 5) is 0. The Balaban J connectivity index is 2.26. The standard InChI is InChI=1S/C7H14O/c1-5(2)6-3-4-7(6)8/h5-8H,3-4H2,1-2H3. The Hall–Kier alpha value is -0.0400. The van der Waals surface area contributed by atoms with E-state index in [1.165, 1.54) is 6.42 Å². The molecule has 0 saturated heterocycles. The molecule has 1 fully saturated rings. The van der Waals surface area contributed by atoms with Crippen LogP contribution in [0.25, 0.3) is 0 Å². The molecular formula is C7H14O. The average Bonchev–Trinajstić information content (AvgIpc) is 1.61. The van der Waals surface area contributed by atoms with Crippen molar-refractivity contribution in [3.63, 3.8) is 0 Å². The monoisotopic (exact) mass is 114 g/mol. The Labute approximate surface area is 50.7 Å². The second-order valence-corrected chi connectivity index (χ2v) is 3.05. The van der Waals surface area contributed by atoms with Crippen molar-refractivity contribution in [2.45, 2.75) is 32.8 Å². The molecule has 0 aromatic rings. The molecule has 0 heterocycles. The fourth-order valence-electron chi connectivity index (χ4n) is 1.29. The van der Waals surface area contributed by atoms with Crippen LogP contribution in [0.5, 0.6) is 0 Å². The number of rotatable bonds is 1. The molecule has 2 unspecified atom stereocenters. The molecule has 1 nitrogen and oxygen atoms in total. The van der Waals surface area contributed by atoms with Crippen LogP contribution in [0.4, 0.5) is 0 Å². The minimum absolute atomic E-state index is 0.0231. The fraction of sp³-hybridized carbons (Fsp3) is 1.00. The molecule has 0 amide bonds. The molecule has 2 atom stereocenters. The van der Waals surface area contributed by atoms with E-state index in [0.717, 1.165) is 6.42 Å². The van der Waals surface area contributed by atoms with E-state index in [0.29, 0.717) is 11.8 Å². The molecule has 0 aliphatic heterocycles. The molecular weight excluding hydrogens is 100 g/mol. The van der Waals surface area contributed by atoms with E-state index in [4.69, 9.17) is 5.11 Å². The zero-order chi connectivity index (χ0) is 6.15. The van der Waals surface area contributed by atoms with Crippen LogP contribution in [0.15, 0.2) is 0 Å². The van der Waals surface area contributed by atoms with Gasteiger partial charge in [0.15, 0.2) is 0 Å². The summed E-state index contributed by atoms with van der Waals surface area (Å²) in [6.45, 7) is 4.35. The number of aliphatic hydroxyl groups is 1. The van der Waals surface area contributed by atoms with E-state index in [-0.39, 0.29) is 6.10 Å². The molecule has 0 aromatic carbocycles. The van der Waals surface area contributed by atoms with Gasteiger partial charge in [-0.1, -0.05) is 13.8 Å². The zero-order valence-corrected chi connectivity index (χ0v) is 5.59. The first kappa shape index (κ1) is 6.09. The van der Waals surface area contributed by atoms with Gasteiger partial charge in [-0.15, -0.1) is 0 Å². The van der Waals surface area contributed by atoms with E-state index in [9.17, 15) is 0 Å². The molecule has 0 spiro atoms. The normalized spacial score (nSPS) is 37.5. The smallest absolute Gasteiger partial charge is 0.0571 e. The van der Waals surface area contributed by atoms with Gasteiger partial charge in [-0.3, -0.25) is 0 Å². The number of aliphatic hydroxyl groups excluding tert-OH is 1. The molecule has 0 radical (unpaired) electrons. The summed E-state index contributed by atoms with van der Waals surface area (Å²) in [5, 5.41) is 9.08. The van der Waals surface area contributed by atoms with Crippen molar-refractivity contribution in [1.29, 1.82) is 0 Å². The maximum Gasteiger partial charge on any atom is 0.0571 e. The summed E-state index contributed by atoms with van der Waals surface area (Å²) in [6.07, 6.45) is 2.29. The van der Waals surface area contributed by atoms with Gasteiger partial charge in [0.2, 0.25) is 0 Å². The van der Waals surface area contributed by atoms with Crippen LogP contribution < -0.4 is 0 Å². The van der Waals surface area contributed by atoms with Crippen molar-refractivity contribution in [2.75, 3.05) is 0 Å². The summed E-state index contributed by atoms with van der Waals surface area (Å²) < 4.78 is 0. The maximum atomic E-state index is 9.08. The van der Waals surface area contributed by atoms with E-state index in [1.807, 2.05) is 0 Å². The van der Waals surface area contributed by atoms with Crippen LogP contribution in [-0.2, 0) is 0 Å². The Kier molecular flexibility index (Phi) is 1.57. The molecule has 1 rings (SSSR count). The van der Waals surface area contributed by atoms with Gasteiger partial charge >= 0.3 is 0 Å². The largest absolute Gasteiger partial charge is 0.393 e. The first-order valence-corrected chi connectivity index (χ1v) is 3.40. The van der Waals surface area contributed by atoms with Crippen LogP contribution in [0.1, 0.15) is 26.7 Å². The first-order chi connectivity index (χ1) is 3.72. The lowest BCUT2D eigenvalue weighted by molar-refractivity contribution is -0.00118. The van der Waals surface area contributed by atoms with Crippen molar-refractivity contribution in [1.82, 2.24) is 0 Å². The molecule has 0 bridgehead atoms. The van der Waals surface area contributed by atoms with Crippen molar-refractivity contribution in [3.05, 3.63) is 0 Å². The lowest BCUT2D eigenvalue weighted by atomic mass is 9.75. The minimum Gasteiger partial charge on any atom is -0.393 e. The summed E-state index contributed by atoms with van der Waals surface area (Å²) in [5.74, 6) is 1.29. The predicted molar refractivity (Wildman–Crippen MR) is 33.6 cm³/mol. The summed E-state index contributed by atoms with van der Waals surface area (Å²) in [5.41, 5.74) is 0.